The van der Waals surface area contributed by atoms with Crippen molar-refractivity contribution < 1.29 is 9.47 Å². The van der Waals surface area contributed by atoms with Crippen LogP contribution < -0.4 is 16.0 Å². The SMILES string of the molecule is CCOC=NC1=C(C#N)C(c2ccccc2Cl)c2c(n(C)c(=O)n(C)c2=O)O1. The number of nitrogens with zero attached hydrogens (tertiary/aromatic N) is 4. The van der Waals surface area contributed by atoms with Gasteiger partial charge in [-0.25, -0.2) is 4.79 Å². The minimum atomic E-state index is -0.846. The summed E-state index contributed by atoms with van der Waals surface area (Å²) in [5.74, 6) is -0.890. The van der Waals surface area contributed by atoms with Crippen molar-refractivity contribution in [2.75, 3.05) is 6.61 Å². The highest BCUT2D eigenvalue weighted by atomic mass is 35.5. The van der Waals surface area contributed by atoms with Gasteiger partial charge in [0.2, 0.25) is 11.8 Å². The Morgan fingerprint density at radius 1 is 1.32 bits per heavy atom. The highest BCUT2D eigenvalue weighted by Gasteiger charge is 2.37. The molecule has 0 saturated carbocycles. The van der Waals surface area contributed by atoms with Crippen LogP contribution in [0.5, 0.6) is 5.88 Å². The molecule has 0 N–H and O–H groups in total. The quantitative estimate of drug-likeness (QED) is 0.577. The van der Waals surface area contributed by atoms with Gasteiger partial charge in [0.1, 0.15) is 11.6 Å². The average Bonchev–Trinajstić information content (AvgIpc) is 2.70. The Labute approximate surface area is 165 Å². The fourth-order valence-electron chi connectivity index (χ4n) is 3.02. The van der Waals surface area contributed by atoms with Gasteiger partial charge >= 0.3 is 5.69 Å². The van der Waals surface area contributed by atoms with Gasteiger partial charge in [0, 0.05) is 19.1 Å². The summed E-state index contributed by atoms with van der Waals surface area (Å²) in [5.41, 5.74) is -0.360. The van der Waals surface area contributed by atoms with Gasteiger partial charge in [-0.3, -0.25) is 13.9 Å². The highest BCUT2D eigenvalue weighted by Crippen LogP contribution is 2.42. The summed E-state index contributed by atoms with van der Waals surface area (Å²) in [7, 11) is 2.85. The summed E-state index contributed by atoms with van der Waals surface area (Å²) >= 11 is 6.37. The molecular weight excluding hydrogens is 384 g/mol. The molecule has 28 heavy (non-hydrogen) atoms. The third kappa shape index (κ3) is 3.10. The molecule has 1 unspecified atom stereocenters. The predicted octanol–water partition coefficient (Wildman–Crippen LogP) is 2.06. The van der Waals surface area contributed by atoms with Crippen LogP contribution in [0.3, 0.4) is 0 Å². The summed E-state index contributed by atoms with van der Waals surface area (Å²) < 4.78 is 13.0. The van der Waals surface area contributed by atoms with E-state index < -0.39 is 17.2 Å². The number of hydrogen-bond acceptors (Lipinski definition) is 6. The number of benzene rings is 1. The molecule has 1 aromatic heterocycles. The van der Waals surface area contributed by atoms with Gasteiger partial charge in [-0.05, 0) is 18.6 Å². The van der Waals surface area contributed by atoms with Crippen LogP contribution in [0.4, 0.5) is 0 Å². The molecule has 1 atom stereocenters. The number of allylic oxidation sites excluding steroid dienone is 1. The smallest absolute Gasteiger partial charge is 0.333 e. The first-order chi connectivity index (χ1) is 13.4. The van der Waals surface area contributed by atoms with Crippen LogP contribution in [0.25, 0.3) is 0 Å². The van der Waals surface area contributed by atoms with Crippen molar-refractivity contribution in [3.05, 3.63) is 72.7 Å². The van der Waals surface area contributed by atoms with Gasteiger partial charge in [0.15, 0.2) is 6.40 Å². The fraction of sp³-hybridized carbons (Fsp3) is 0.263. The lowest BCUT2D eigenvalue weighted by atomic mass is 9.85. The predicted molar refractivity (Wildman–Crippen MR) is 104 cm³/mol. The summed E-state index contributed by atoms with van der Waals surface area (Å²) in [5, 5.41) is 10.2. The molecule has 8 nitrogen and oxygen atoms in total. The summed E-state index contributed by atoms with van der Waals surface area (Å²) in [6, 6.07) is 8.94. The van der Waals surface area contributed by atoms with Crippen molar-refractivity contribution in [3.63, 3.8) is 0 Å². The van der Waals surface area contributed by atoms with Crippen molar-refractivity contribution in [2.24, 2.45) is 19.1 Å². The number of ether oxygens (including phenoxy) is 2. The highest BCUT2D eigenvalue weighted by molar-refractivity contribution is 6.31. The lowest BCUT2D eigenvalue weighted by molar-refractivity contribution is 0.326. The van der Waals surface area contributed by atoms with E-state index in [1.54, 1.807) is 31.2 Å². The Morgan fingerprint density at radius 2 is 2.04 bits per heavy atom. The van der Waals surface area contributed by atoms with Gasteiger partial charge in [-0.1, -0.05) is 29.8 Å². The number of nitriles is 1. The molecule has 144 valence electrons. The van der Waals surface area contributed by atoms with E-state index in [0.29, 0.717) is 17.2 Å². The van der Waals surface area contributed by atoms with E-state index in [1.165, 1.54) is 18.7 Å². The first-order valence-electron chi connectivity index (χ1n) is 8.42. The number of aliphatic imine (C=N–C) groups is 1. The summed E-state index contributed by atoms with van der Waals surface area (Å²) in [6.45, 7) is 2.16. The molecule has 0 amide bonds. The van der Waals surface area contributed by atoms with Crippen LogP contribution in [-0.2, 0) is 18.8 Å². The minimum absolute atomic E-state index is 0.0145. The molecular formula is C19H17ClN4O4. The summed E-state index contributed by atoms with van der Waals surface area (Å²) in [4.78, 5) is 29.4. The average molecular weight is 401 g/mol. The second-order valence-corrected chi connectivity index (χ2v) is 6.41. The zero-order valence-electron chi connectivity index (χ0n) is 15.5. The van der Waals surface area contributed by atoms with E-state index in [1.807, 2.05) is 0 Å². The number of aromatic nitrogens is 2. The van der Waals surface area contributed by atoms with E-state index in [0.717, 1.165) is 11.0 Å². The van der Waals surface area contributed by atoms with E-state index >= 15 is 0 Å². The maximum atomic E-state index is 12.9. The zero-order chi connectivity index (χ0) is 20.4. The van der Waals surface area contributed by atoms with Crippen molar-refractivity contribution in [2.45, 2.75) is 12.8 Å². The molecule has 0 fully saturated rings. The monoisotopic (exact) mass is 400 g/mol. The maximum Gasteiger partial charge on any atom is 0.333 e. The largest absolute Gasteiger partial charge is 0.483 e. The van der Waals surface area contributed by atoms with Crippen LogP contribution in [0.15, 0.2) is 50.3 Å². The molecule has 0 radical (unpaired) electrons. The van der Waals surface area contributed by atoms with E-state index in [2.05, 4.69) is 11.1 Å². The molecule has 1 aliphatic heterocycles. The zero-order valence-corrected chi connectivity index (χ0v) is 16.2. The van der Waals surface area contributed by atoms with Gasteiger partial charge in [0.25, 0.3) is 5.56 Å². The Bertz CT molecular complexity index is 1150. The first kappa shape index (κ1) is 19.5. The van der Waals surface area contributed by atoms with Gasteiger partial charge < -0.3 is 9.47 Å². The topological polar surface area (TPSA) is 98.6 Å². The molecule has 3 rings (SSSR count). The molecule has 0 saturated heterocycles. The number of rotatable bonds is 4. The van der Waals surface area contributed by atoms with E-state index in [9.17, 15) is 14.9 Å². The summed E-state index contributed by atoms with van der Waals surface area (Å²) in [6.07, 6.45) is 1.15. The van der Waals surface area contributed by atoms with Crippen molar-refractivity contribution in [1.29, 1.82) is 5.26 Å². The van der Waals surface area contributed by atoms with Crippen LogP contribution in [-0.4, -0.2) is 22.1 Å². The van der Waals surface area contributed by atoms with Gasteiger partial charge in [0.05, 0.1) is 18.1 Å². The van der Waals surface area contributed by atoms with Crippen molar-refractivity contribution in [3.8, 4) is 11.9 Å². The third-order valence-electron chi connectivity index (χ3n) is 4.39. The molecule has 9 heteroatoms. The van der Waals surface area contributed by atoms with Gasteiger partial charge in [-0.2, -0.15) is 10.3 Å². The maximum absolute atomic E-state index is 12.9. The van der Waals surface area contributed by atoms with Crippen LogP contribution in [0, 0.1) is 11.3 Å². The minimum Gasteiger partial charge on any atom is -0.483 e. The molecule has 2 heterocycles. The lowest BCUT2D eigenvalue weighted by Gasteiger charge is -2.27. The Hall–Kier alpha value is -3.31. The number of fused-ring (bicyclic) bond motifs is 1. The second-order valence-electron chi connectivity index (χ2n) is 6.00. The number of halogens is 1. The van der Waals surface area contributed by atoms with Crippen LogP contribution in [0.2, 0.25) is 5.02 Å². The van der Waals surface area contributed by atoms with Gasteiger partial charge in [-0.15, -0.1) is 0 Å². The molecule has 0 spiro atoms. The van der Waals surface area contributed by atoms with Crippen LogP contribution >= 0.6 is 11.6 Å². The molecule has 1 aromatic carbocycles. The van der Waals surface area contributed by atoms with Crippen LogP contribution in [0.1, 0.15) is 24.0 Å². The fourth-order valence-corrected chi connectivity index (χ4v) is 3.27. The Kier molecular flexibility index (Phi) is 5.38. The number of hydrogen-bond donors (Lipinski definition) is 0. The van der Waals surface area contributed by atoms with Crippen molar-refractivity contribution in [1.82, 2.24) is 9.13 Å². The third-order valence-corrected chi connectivity index (χ3v) is 4.74. The van der Waals surface area contributed by atoms with E-state index in [4.69, 9.17) is 21.1 Å². The second kappa shape index (κ2) is 7.74. The molecule has 1 aliphatic rings. The van der Waals surface area contributed by atoms with Crippen molar-refractivity contribution >= 4 is 18.0 Å². The first-order valence-corrected chi connectivity index (χ1v) is 8.80. The standard InChI is InChI=1S/C19H17ClN4O4/c1-4-27-10-22-16-12(9-21)14(11-7-5-6-8-13(11)20)15-17(25)23(2)19(26)24(3)18(15)28-16/h5-8,10,14H,4H2,1-3H3. The molecule has 0 aliphatic carbocycles. The molecule has 0 bridgehead atoms. The van der Waals surface area contributed by atoms with E-state index in [-0.39, 0.29) is 22.9 Å². The molecule has 2 aromatic rings. The normalized spacial score (nSPS) is 15.9. The lowest BCUT2D eigenvalue weighted by Crippen LogP contribution is -2.42. The Morgan fingerprint density at radius 3 is 2.68 bits per heavy atom. The Balaban J connectivity index is 2.40.